The molecule has 1 N–H and O–H groups in total. The molecule has 0 bridgehead atoms. The molecule has 0 unspecified atom stereocenters. The van der Waals surface area contributed by atoms with Crippen LogP contribution in [0.15, 0.2) is 41.4 Å². The fraction of sp³-hybridized carbons (Fsp3) is 0.200. The van der Waals surface area contributed by atoms with Crippen LogP contribution in [0.25, 0.3) is 0 Å². The van der Waals surface area contributed by atoms with Gasteiger partial charge in [-0.3, -0.25) is 5.41 Å². The van der Waals surface area contributed by atoms with Gasteiger partial charge in [-0.1, -0.05) is 0 Å². The lowest BCUT2D eigenvalue weighted by atomic mass is 10.3. The second-order valence-corrected chi connectivity index (χ2v) is 5.78. The minimum absolute atomic E-state index is 0.273. The molecule has 2 rings (SSSR count). The van der Waals surface area contributed by atoms with Crippen molar-refractivity contribution in [2.75, 3.05) is 0 Å². The fourth-order valence-electron chi connectivity index (χ4n) is 2.01. The Morgan fingerprint density at radius 1 is 1.15 bits per heavy atom. The first-order valence-corrected chi connectivity index (χ1v) is 7.26. The van der Waals surface area contributed by atoms with Crippen LogP contribution in [-0.4, -0.2) is 14.1 Å². The minimum Gasteiger partial charge on any atom is -0.307 e. The van der Waals surface area contributed by atoms with E-state index in [4.69, 9.17) is 5.41 Å². The molecular formula is C15H15FIN3. The zero-order valence-electron chi connectivity index (χ0n) is 11.3. The molecule has 104 valence electrons. The van der Waals surface area contributed by atoms with Gasteiger partial charge in [-0.05, 0) is 72.8 Å². The van der Waals surface area contributed by atoms with E-state index >= 15 is 0 Å². The van der Waals surface area contributed by atoms with Gasteiger partial charge in [0.1, 0.15) is 11.7 Å². The van der Waals surface area contributed by atoms with Crippen LogP contribution in [0.3, 0.4) is 0 Å². The summed E-state index contributed by atoms with van der Waals surface area (Å²) in [6.07, 6.45) is 0.453. The predicted molar refractivity (Wildman–Crippen MR) is 89.2 cm³/mol. The van der Waals surface area contributed by atoms with Gasteiger partial charge in [0.25, 0.3) is 0 Å². The summed E-state index contributed by atoms with van der Waals surface area (Å²) in [7, 11) is 0. The number of aryl methyl sites for hydroxylation is 2. The minimum atomic E-state index is -0.273. The molecule has 0 saturated carbocycles. The van der Waals surface area contributed by atoms with Crippen LogP contribution < -0.4 is 0 Å². The molecule has 1 aromatic heterocycles. The number of hydrogen-bond donors (Lipinski definition) is 1. The standard InChI is InChI=1S/C15H15FIN3/c1-10-3-4-11(2)20(10)15(18)9-14(17)19-13-7-5-12(16)6-8-13/h3-8,18H,9H2,1-2H3. The van der Waals surface area contributed by atoms with E-state index < -0.39 is 0 Å². The summed E-state index contributed by atoms with van der Waals surface area (Å²) >= 11 is 2.12. The van der Waals surface area contributed by atoms with E-state index in [1.54, 1.807) is 12.1 Å². The van der Waals surface area contributed by atoms with Crippen molar-refractivity contribution in [3.63, 3.8) is 0 Å². The van der Waals surface area contributed by atoms with Crippen LogP contribution in [0, 0.1) is 25.1 Å². The summed E-state index contributed by atoms with van der Waals surface area (Å²) in [6.45, 7) is 3.96. The summed E-state index contributed by atoms with van der Waals surface area (Å²) in [5.74, 6) is 0.213. The highest BCUT2D eigenvalue weighted by molar-refractivity contribution is 14.1. The lowest BCUT2D eigenvalue weighted by molar-refractivity contribution is 0.628. The summed E-state index contributed by atoms with van der Waals surface area (Å²) < 4.78 is 15.5. The van der Waals surface area contributed by atoms with Crippen LogP contribution in [-0.2, 0) is 0 Å². The van der Waals surface area contributed by atoms with Crippen LogP contribution in [0.1, 0.15) is 17.8 Å². The summed E-state index contributed by atoms with van der Waals surface area (Å²) in [5, 5.41) is 8.18. The molecule has 0 aliphatic carbocycles. The molecule has 0 aliphatic rings. The first-order valence-electron chi connectivity index (χ1n) is 6.19. The third-order valence-electron chi connectivity index (χ3n) is 2.93. The number of nitrogens with one attached hydrogen (secondary N) is 1. The fourth-order valence-corrected chi connectivity index (χ4v) is 2.65. The number of halogens is 2. The normalized spacial score (nSPS) is 11.7. The van der Waals surface area contributed by atoms with E-state index in [1.165, 1.54) is 12.1 Å². The first kappa shape index (κ1) is 14.9. The Hall–Kier alpha value is -1.50. The van der Waals surface area contributed by atoms with Gasteiger partial charge in [0, 0.05) is 11.4 Å². The average molecular weight is 383 g/mol. The molecule has 1 heterocycles. The van der Waals surface area contributed by atoms with Gasteiger partial charge in [0.2, 0.25) is 0 Å². The second kappa shape index (κ2) is 6.30. The van der Waals surface area contributed by atoms with E-state index in [0.29, 0.717) is 17.9 Å². The number of hydrogen-bond acceptors (Lipinski definition) is 2. The number of benzene rings is 1. The Labute approximate surface area is 131 Å². The third kappa shape index (κ3) is 3.53. The second-order valence-electron chi connectivity index (χ2n) is 4.54. The molecule has 2 aromatic rings. The Balaban J connectivity index is 2.13. The summed E-state index contributed by atoms with van der Waals surface area (Å²) in [4.78, 5) is 4.39. The van der Waals surface area contributed by atoms with E-state index in [-0.39, 0.29) is 5.82 Å². The van der Waals surface area contributed by atoms with Crippen molar-refractivity contribution in [2.24, 2.45) is 4.99 Å². The maximum atomic E-state index is 12.8. The monoisotopic (exact) mass is 383 g/mol. The van der Waals surface area contributed by atoms with E-state index in [0.717, 1.165) is 15.1 Å². The Morgan fingerprint density at radius 2 is 1.70 bits per heavy atom. The highest BCUT2D eigenvalue weighted by atomic mass is 127. The zero-order chi connectivity index (χ0) is 14.7. The predicted octanol–water partition coefficient (Wildman–Crippen LogP) is 4.62. The van der Waals surface area contributed by atoms with Gasteiger partial charge in [0.15, 0.2) is 0 Å². The molecule has 3 nitrogen and oxygen atoms in total. The molecule has 1 aromatic carbocycles. The maximum Gasteiger partial charge on any atom is 0.123 e. The van der Waals surface area contributed by atoms with Crippen molar-refractivity contribution >= 4 is 37.8 Å². The average Bonchev–Trinajstić information content (AvgIpc) is 2.72. The van der Waals surface area contributed by atoms with Crippen molar-refractivity contribution in [1.29, 1.82) is 5.41 Å². The van der Waals surface area contributed by atoms with Crippen molar-refractivity contribution in [1.82, 2.24) is 4.57 Å². The lowest BCUT2D eigenvalue weighted by Crippen LogP contribution is -2.15. The molecule has 0 fully saturated rings. The quantitative estimate of drug-likeness (QED) is 0.457. The number of nitrogens with zero attached hydrogens (tertiary/aromatic N) is 2. The van der Waals surface area contributed by atoms with E-state index in [2.05, 4.69) is 27.6 Å². The maximum absolute atomic E-state index is 12.8. The Morgan fingerprint density at radius 3 is 2.25 bits per heavy atom. The van der Waals surface area contributed by atoms with Crippen molar-refractivity contribution in [3.05, 3.63) is 53.6 Å². The SMILES string of the molecule is Cc1ccc(C)n1C(=N)CC(I)=Nc1ccc(F)cc1. The van der Waals surface area contributed by atoms with E-state index in [9.17, 15) is 4.39 Å². The van der Waals surface area contributed by atoms with Gasteiger partial charge >= 0.3 is 0 Å². The van der Waals surface area contributed by atoms with E-state index in [1.807, 2.05) is 30.5 Å². The Kier molecular flexibility index (Phi) is 4.69. The third-order valence-corrected chi connectivity index (χ3v) is 3.55. The van der Waals surface area contributed by atoms with Gasteiger partial charge in [-0.15, -0.1) is 0 Å². The van der Waals surface area contributed by atoms with Crippen LogP contribution in [0.4, 0.5) is 10.1 Å². The topological polar surface area (TPSA) is 41.1 Å². The number of rotatable bonds is 3. The molecular weight excluding hydrogens is 368 g/mol. The highest BCUT2D eigenvalue weighted by Crippen LogP contribution is 2.16. The number of aliphatic imine (C=N–C) groups is 1. The van der Waals surface area contributed by atoms with Gasteiger partial charge < -0.3 is 4.57 Å². The van der Waals surface area contributed by atoms with Crippen molar-refractivity contribution in [3.8, 4) is 0 Å². The molecule has 0 atom stereocenters. The van der Waals surface area contributed by atoms with Crippen molar-refractivity contribution < 1.29 is 4.39 Å². The smallest absolute Gasteiger partial charge is 0.123 e. The summed E-state index contributed by atoms with van der Waals surface area (Å²) in [6, 6.07) is 10.0. The van der Waals surface area contributed by atoms with Gasteiger partial charge in [0.05, 0.1) is 15.8 Å². The van der Waals surface area contributed by atoms with Crippen molar-refractivity contribution in [2.45, 2.75) is 20.3 Å². The van der Waals surface area contributed by atoms with Crippen LogP contribution >= 0.6 is 22.6 Å². The molecule has 0 saturated heterocycles. The highest BCUT2D eigenvalue weighted by Gasteiger charge is 2.08. The summed E-state index contributed by atoms with van der Waals surface area (Å²) in [5.41, 5.74) is 2.78. The largest absolute Gasteiger partial charge is 0.307 e. The molecule has 0 aliphatic heterocycles. The van der Waals surface area contributed by atoms with Crippen LogP contribution in [0.5, 0.6) is 0 Å². The number of aromatic nitrogens is 1. The molecule has 5 heteroatoms. The van der Waals surface area contributed by atoms with Crippen LogP contribution in [0.2, 0.25) is 0 Å². The molecule has 0 amide bonds. The Bertz CT molecular complexity index is 637. The van der Waals surface area contributed by atoms with Gasteiger partial charge in [-0.2, -0.15) is 0 Å². The molecule has 0 radical (unpaired) electrons. The molecule has 0 spiro atoms. The zero-order valence-corrected chi connectivity index (χ0v) is 13.5. The van der Waals surface area contributed by atoms with Gasteiger partial charge in [-0.25, -0.2) is 9.38 Å². The molecule has 20 heavy (non-hydrogen) atoms. The first-order chi connectivity index (χ1) is 9.47. The lowest BCUT2D eigenvalue weighted by Gasteiger charge is -2.10.